The van der Waals surface area contributed by atoms with Gasteiger partial charge in [0.05, 0.1) is 0 Å². The first-order valence-corrected chi connectivity index (χ1v) is 11.6. The van der Waals surface area contributed by atoms with E-state index in [1.165, 1.54) is 89.9 Å². The molecule has 0 saturated carbocycles. The summed E-state index contributed by atoms with van der Waals surface area (Å²) in [5, 5.41) is 3.15. The van der Waals surface area contributed by atoms with E-state index in [4.69, 9.17) is 34.8 Å². The van der Waals surface area contributed by atoms with E-state index >= 15 is 0 Å². The normalized spacial score (nSPS) is 10.3. The molecule has 4 heteroatoms. The fraction of sp³-hybridized carbons (Fsp3) is 0.800. The highest BCUT2D eigenvalue weighted by Gasteiger charge is 1.95. The minimum Gasteiger partial charge on any atom is -0.0747 e. The minimum absolute atomic E-state index is 0.0428. The first kappa shape index (κ1) is 24.5. The SMILES string of the molecule is CCCCCCCCCCCCCCCCSC#CC(Cl)=C(Cl)Cl. The van der Waals surface area contributed by atoms with Gasteiger partial charge in [0.2, 0.25) is 0 Å². The summed E-state index contributed by atoms with van der Waals surface area (Å²) < 4.78 is 0.0428. The van der Waals surface area contributed by atoms with Crippen LogP contribution in [0.4, 0.5) is 0 Å². The zero-order chi connectivity index (χ0) is 17.9. The molecule has 0 nitrogen and oxygen atoms in total. The Hall–Kier alpha value is 0.520. The van der Waals surface area contributed by atoms with E-state index in [1.54, 1.807) is 11.8 Å². The van der Waals surface area contributed by atoms with Gasteiger partial charge in [-0.15, -0.1) is 0 Å². The zero-order valence-electron chi connectivity index (χ0n) is 15.1. The maximum Gasteiger partial charge on any atom is 0.133 e. The predicted molar refractivity (Wildman–Crippen MR) is 115 cm³/mol. The van der Waals surface area contributed by atoms with Gasteiger partial charge in [-0.1, -0.05) is 137 Å². The monoisotopic (exact) mass is 410 g/mol. The molecule has 0 rings (SSSR count). The summed E-state index contributed by atoms with van der Waals surface area (Å²) in [4.78, 5) is 0. The van der Waals surface area contributed by atoms with Gasteiger partial charge in [0.15, 0.2) is 0 Å². The van der Waals surface area contributed by atoms with Crippen LogP contribution >= 0.6 is 46.6 Å². The molecule has 0 radical (unpaired) electrons. The second-order valence-corrected chi connectivity index (χ2v) is 8.47. The third kappa shape index (κ3) is 18.9. The van der Waals surface area contributed by atoms with Gasteiger partial charge in [0.1, 0.15) is 9.52 Å². The van der Waals surface area contributed by atoms with Crippen molar-refractivity contribution < 1.29 is 0 Å². The molecule has 0 saturated heterocycles. The molecule has 24 heavy (non-hydrogen) atoms. The first-order chi connectivity index (χ1) is 11.7. The quantitative estimate of drug-likeness (QED) is 0.191. The largest absolute Gasteiger partial charge is 0.133 e. The highest BCUT2D eigenvalue weighted by molar-refractivity contribution is 8.03. The summed E-state index contributed by atoms with van der Waals surface area (Å²) >= 11 is 18.3. The lowest BCUT2D eigenvalue weighted by Crippen LogP contribution is -1.84. The summed E-state index contributed by atoms with van der Waals surface area (Å²) in [7, 11) is 0. The highest BCUT2D eigenvalue weighted by Crippen LogP contribution is 2.17. The maximum atomic E-state index is 5.72. The van der Waals surface area contributed by atoms with Gasteiger partial charge < -0.3 is 0 Å². The van der Waals surface area contributed by atoms with Crippen LogP contribution in [-0.4, -0.2) is 5.75 Å². The number of unbranched alkanes of at least 4 members (excludes halogenated alkanes) is 13. The number of rotatable bonds is 15. The smallest absolute Gasteiger partial charge is 0.0747 e. The van der Waals surface area contributed by atoms with Crippen LogP contribution in [0.5, 0.6) is 0 Å². The Balaban J connectivity index is 3.17. The Kier molecular flexibility index (Phi) is 20.3. The van der Waals surface area contributed by atoms with Crippen LogP contribution in [0.25, 0.3) is 0 Å². The molecule has 0 aromatic rings. The molecule has 0 N–H and O–H groups in total. The summed E-state index contributed by atoms with van der Waals surface area (Å²) in [5.41, 5.74) is 0. The highest BCUT2D eigenvalue weighted by atomic mass is 35.5. The summed E-state index contributed by atoms with van der Waals surface area (Å²) in [5.74, 6) is 3.78. The van der Waals surface area contributed by atoms with E-state index in [1.807, 2.05) is 0 Å². The van der Waals surface area contributed by atoms with Crippen molar-refractivity contribution in [2.45, 2.75) is 96.8 Å². The van der Waals surface area contributed by atoms with Crippen LogP contribution in [0.3, 0.4) is 0 Å². The van der Waals surface area contributed by atoms with Gasteiger partial charge in [0, 0.05) is 5.75 Å². The second-order valence-electron chi connectivity index (χ2n) is 6.25. The van der Waals surface area contributed by atoms with E-state index < -0.39 is 0 Å². The molecule has 0 spiro atoms. The molecule has 0 aliphatic rings. The van der Waals surface area contributed by atoms with Gasteiger partial charge >= 0.3 is 0 Å². The molecule has 0 aliphatic carbocycles. The maximum absolute atomic E-state index is 5.72. The number of allylic oxidation sites excluding steroid dienone is 1. The number of halogens is 3. The minimum atomic E-state index is 0.0428. The average molecular weight is 412 g/mol. The van der Waals surface area contributed by atoms with Crippen LogP contribution in [0.2, 0.25) is 0 Å². The zero-order valence-corrected chi connectivity index (χ0v) is 18.2. The van der Waals surface area contributed by atoms with Gasteiger partial charge in [-0.2, -0.15) is 0 Å². The van der Waals surface area contributed by atoms with Crippen molar-refractivity contribution in [3.8, 4) is 11.2 Å². The third-order valence-electron chi connectivity index (χ3n) is 4.00. The molecule has 0 aromatic carbocycles. The second kappa shape index (κ2) is 19.8. The molecule has 0 heterocycles. The van der Waals surface area contributed by atoms with Crippen molar-refractivity contribution in [1.29, 1.82) is 0 Å². The first-order valence-electron chi connectivity index (χ1n) is 9.52. The summed E-state index contributed by atoms with van der Waals surface area (Å²) in [6, 6.07) is 0. The molecule has 0 aliphatic heterocycles. The molecule has 0 fully saturated rings. The van der Waals surface area contributed by atoms with E-state index in [0.717, 1.165) is 5.75 Å². The molecular weight excluding hydrogens is 379 g/mol. The van der Waals surface area contributed by atoms with Crippen molar-refractivity contribution >= 4 is 46.6 Å². The third-order valence-corrected chi connectivity index (χ3v) is 5.59. The van der Waals surface area contributed by atoms with Gasteiger partial charge in [-0.3, -0.25) is 0 Å². The molecule has 140 valence electrons. The average Bonchev–Trinajstić information content (AvgIpc) is 2.57. The van der Waals surface area contributed by atoms with Crippen LogP contribution in [-0.2, 0) is 0 Å². The van der Waals surface area contributed by atoms with E-state index in [2.05, 4.69) is 18.1 Å². The molecule has 0 unspecified atom stereocenters. The van der Waals surface area contributed by atoms with E-state index in [0.29, 0.717) is 0 Å². The van der Waals surface area contributed by atoms with E-state index in [-0.39, 0.29) is 9.52 Å². The van der Waals surface area contributed by atoms with Gasteiger partial charge in [-0.05, 0) is 17.6 Å². The Morgan fingerprint density at radius 2 is 1.08 bits per heavy atom. The Labute approximate surface area is 169 Å². The summed E-state index contributed by atoms with van der Waals surface area (Å²) in [6.45, 7) is 2.28. The lowest BCUT2D eigenvalue weighted by molar-refractivity contribution is 0.538. The van der Waals surface area contributed by atoms with Crippen molar-refractivity contribution in [1.82, 2.24) is 0 Å². The van der Waals surface area contributed by atoms with Crippen LogP contribution in [0, 0.1) is 11.2 Å². The molecule has 0 aromatic heterocycles. The molecule has 0 bridgehead atoms. The fourth-order valence-corrected chi connectivity index (χ4v) is 3.37. The molecular formula is C20H33Cl3S. The lowest BCUT2D eigenvalue weighted by Gasteiger charge is -2.02. The van der Waals surface area contributed by atoms with Gasteiger partial charge in [0.25, 0.3) is 0 Å². The Morgan fingerprint density at radius 1 is 0.667 bits per heavy atom. The van der Waals surface area contributed by atoms with Crippen molar-refractivity contribution in [3.05, 3.63) is 9.52 Å². The Bertz CT molecular complexity index is 365. The van der Waals surface area contributed by atoms with Crippen LogP contribution < -0.4 is 0 Å². The van der Waals surface area contributed by atoms with Gasteiger partial charge in [-0.25, -0.2) is 0 Å². The molecule has 0 atom stereocenters. The molecule has 0 amide bonds. The van der Waals surface area contributed by atoms with Crippen LogP contribution in [0.15, 0.2) is 9.52 Å². The number of thioether (sulfide) groups is 1. The van der Waals surface area contributed by atoms with Crippen molar-refractivity contribution in [2.75, 3.05) is 5.75 Å². The Morgan fingerprint density at radius 3 is 1.50 bits per heavy atom. The topological polar surface area (TPSA) is 0 Å². The lowest BCUT2D eigenvalue weighted by atomic mass is 10.0. The van der Waals surface area contributed by atoms with E-state index in [9.17, 15) is 0 Å². The standard InChI is InChI=1S/C20H33Cl3S/c1-2-3-4-5-6-7-8-9-10-11-12-13-14-15-17-24-18-16-19(21)20(22)23/h2-15,17H2,1H3. The fourth-order valence-electron chi connectivity index (χ4n) is 2.55. The van der Waals surface area contributed by atoms with Crippen molar-refractivity contribution in [3.63, 3.8) is 0 Å². The number of hydrogen-bond acceptors (Lipinski definition) is 1. The van der Waals surface area contributed by atoms with Crippen molar-refractivity contribution in [2.24, 2.45) is 0 Å². The predicted octanol–water partition coefficient (Wildman–Crippen LogP) is 9.05. The summed E-state index contributed by atoms with van der Waals surface area (Å²) in [6.07, 6.45) is 19.4. The van der Waals surface area contributed by atoms with Crippen LogP contribution in [0.1, 0.15) is 96.8 Å². The number of hydrogen-bond donors (Lipinski definition) is 0.